The lowest BCUT2D eigenvalue weighted by Crippen LogP contribution is -2.29. The van der Waals surface area contributed by atoms with E-state index in [-0.39, 0.29) is 24.2 Å². The van der Waals surface area contributed by atoms with E-state index in [4.69, 9.17) is 10.8 Å². The Labute approximate surface area is 117 Å². The maximum Gasteiger partial charge on any atom is 0.265 e. The van der Waals surface area contributed by atoms with Crippen LogP contribution in [0.4, 0.5) is 10.9 Å². The fourth-order valence-corrected chi connectivity index (χ4v) is 2.38. The lowest BCUT2D eigenvalue weighted by atomic mass is 10.2. The van der Waals surface area contributed by atoms with Gasteiger partial charge in [-0.05, 0) is 12.3 Å². The largest absolute Gasteiger partial charge is 0.396 e. The molecular formula is C12H22N4O2S. The van der Waals surface area contributed by atoms with Crippen LogP contribution in [0.25, 0.3) is 0 Å². The van der Waals surface area contributed by atoms with Crippen LogP contribution in [-0.2, 0) is 0 Å². The van der Waals surface area contributed by atoms with Crippen molar-refractivity contribution < 1.29 is 9.90 Å². The van der Waals surface area contributed by atoms with Crippen molar-refractivity contribution >= 4 is 28.2 Å². The maximum atomic E-state index is 12.0. The van der Waals surface area contributed by atoms with Crippen LogP contribution in [0, 0.1) is 5.92 Å². The Kier molecular flexibility index (Phi) is 6.04. The predicted octanol–water partition coefficient (Wildman–Crippen LogP) is 0.930. The molecule has 0 spiro atoms. The van der Waals surface area contributed by atoms with Crippen molar-refractivity contribution in [2.75, 3.05) is 37.4 Å². The van der Waals surface area contributed by atoms with E-state index in [0.29, 0.717) is 11.4 Å². The average molecular weight is 286 g/mol. The Balaban J connectivity index is 2.70. The van der Waals surface area contributed by atoms with Gasteiger partial charge in [0.15, 0.2) is 5.13 Å². The first-order valence-corrected chi connectivity index (χ1v) is 7.17. The second kappa shape index (κ2) is 7.30. The Hall–Kier alpha value is -1.34. The zero-order chi connectivity index (χ0) is 14.4. The summed E-state index contributed by atoms with van der Waals surface area (Å²) in [6.45, 7) is 5.28. The molecule has 1 aromatic heterocycles. The minimum atomic E-state index is -0.230. The van der Waals surface area contributed by atoms with E-state index in [1.54, 1.807) is 0 Å². The number of hydrogen-bond acceptors (Lipinski definition) is 6. The molecule has 0 aliphatic carbocycles. The SMILES string of the molecule is CCCN(C)c1nc(N)c(C(=O)NCC(C)CO)s1. The number of amides is 1. The number of hydrogen-bond donors (Lipinski definition) is 3. The van der Waals surface area contributed by atoms with Gasteiger partial charge in [0.2, 0.25) is 0 Å². The summed E-state index contributed by atoms with van der Waals surface area (Å²) in [5.74, 6) is 0.0592. The molecule has 19 heavy (non-hydrogen) atoms. The number of anilines is 2. The zero-order valence-corrected chi connectivity index (χ0v) is 12.5. The van der Waals surface area contributed by atoms with Crippen molar-refractivity contribution in [3.05, 3.63) is 4.88 Å². The summed E-state index contributed by atoms with van der Waals surface area (Å²) in [6.07, 6.45) is 1.01. The molecule has 0 aliphatic rings. The van der Waals surface area contributed by atoms with E-state index in [1.807, 2.05) is 18.9 Å². The second-order valence-corrected chi connectivity index (χ2v) is 5.61. The average Bonchev–Trinajstić information content (AvgIpc) is 2.78. The van der Waals surface area contributed by atoms with E-state index in [0.717, 1.165) is 18.1 Å². The van der Waals surface area contributed by atoms with Gasteiger partial charge in [-0.3, -0.25) is 4.79 Å². The van der Waals surface area contributed by atoms with Gasteiger partial charge >= 0.3 is 0 Å². The predicted molar refractivity (Wildman–Crippen MR) is 78.7 cm³/mol. The molecular weight excluding hydrogens is 264 g/mol. The summed E-state index contributed by atoms with van der Waals surface area (Å²) in [4.78, 5) is 18.6. The first-order chi connectivity index (χ1) is 8.99. The van der Waals surface area contributed by atoms with Crippen molar-refractivity contribution in [1.29, 1.82) is 0 Å². The lowest BCUT2D eigenvalue weighted by Gasteiger charge is -2.13. The highest BCUT2D eigenvalue weighted by molar-refractivity contribution is 7.18. The summed E-state index contributed by atoms with van der Waals surface area (Å²) in [5.41, 5.74) is 5.78. The van der Waals surface area contributed by atoms with Gasteiger partial charge in [-0.15, -0.1) is 0 Å². The smallest absolute Gasteiger partial charge is 0.265 e. The Morgan fingerprint density at radius 2 is 2.32 bits per heavy atom. The van der Waals surface area contributed by atoms with Gasteiger partial charge in [0.05, 0.1) is 0 Å². The van der Waals surface area contributed by atoms with Gasteiger partial charge in [-0.2, -0.15) is 0 Å². The molecule has 0 radical (unpaired) electrons. The third kappa shape index (κ3) is 4.36. The topological polar surface area (TPSA) is 91.5 Å². The molecule has 0 fully saturated rings. The summed E-state index contributed by atoms with van der Waals surface area (Å²) in [6, 6.07) is 0. The van der Waals surface area contributed by atoms with Gasteiger partial charge in [-0.25, -0.2) is 4.98 Å². The monoisotopic (exact) mass is 286 g/mol. The van der Waals surface area contributed by atoms with E-state index in [2.05, 4.69) is 17.2 Å². The number of aliphatic hydroxyl groups excluding tert-OH is 1. The molecule has 1 aromatic rings. The maximum absolute atomic E-state index is 12.0. The fourth-order valence-electron chi connectivity index (χ4n) is 1.49. The standard InChI is InChI=1S/C12H22N4O2S/c1-4-5-16(3)12-15-10(13)9(19-12)11(18)14-6-8(2)7-17/h8,17H,4-7,13H2,1-3H3,(H,14,18). The Morgan fingerprint density at radius 3 is 2.89 bits per heavy atom. The molecule has 0 bridgehead atoms. The second-order valence-electron chi connectivity index (χ2n) is 4.63. The fraction of sp³-hybridized carbons (Fsp3) is 0.667. The van der Waals surface area contributed by atoms with Crippen LogP contribution in [0.5, 0.6) is 0 Å². The van der Waals surface area contributed by atoms with Gasteiger partial charge < -0.3 is 21.1 Å². The highest BCUT2D eigenvalue weighted by Gasteiger charge is 2.18. The van der Waals surface area contributed by atoms with Crippen LogP contribution in [-0.4, -0.2) is 42.7 Å². The summed E-state index contributed by atoms with van der Waals surface area (Å²) < 4.78 is 0. The van der Waals surface area contributed by atoms with Gasteiger partial charge in [0.1, 0.15) is 10.7 Å². The third-order valence-corrected chi connectivity index (χ3v) is 3.84. The summed E-state index contributed by atoms with van der Waals surface area (Å²) in [5, 5.41) is 12.4. The Morgan fingerprint density at radius 1 is 1.63 bits per heavy atom. The van der Waals surface area contributed by atoms with E-state index in [9.17, 15) is 4.79 Å². The molecule has 0 saturated carbocycles. The number of carbonyl (C=O) groups is 1. The van der Waals surface area contributed by atoms with E-state index >= 15 is 0 Å². The number of nitrogen functional groups attached to an aromatic ring is 1. The molecule has 0 saturated heterocycles. The van der Waals surface area contributed by atoms with E-state index in [1.165, 1.54) is 11.3 Å². The molecule has 1 amide bonds. The lowest BCUT2D eigenvalue weighted by molar-refractivity contribution is 0.0947. The van der Waals surface area contributed by atoms with Gasteiger partial charge in [-0.1, -0.05) is 25.2 Å². The quantitative estimate of drug-likeness (QED) is 0.693. The molecule has 7 heteroatoms. The molecule has 0 aliphatic heterocycles. The van der Waals surface area contributed by atoms with Crippen molar-refractivity contribution in [2.24, 2.45) is 5.92 Å². The molecule has 6 nitrogen and oxygen atoms in total. The van der Waals surface area contributed by atoms with Crippen LogP contribution >= 0.6 is 11.3 Å². The van der Waals surface area contributed by atoms with E-state index < -0.39 is 0 Å². The van der Waals surface area contributed by atoms with Crippen molar-refractivity contribution in [3.63, 3.8) is 0 Å². The number of rotatable bonds is 7. The molecule has 4 N–H and O–H groups in total. The van der Waals surface area contributed by atoms with Gasteiger partial charge in [0.25, 0.3) is 5.91 Å². The highest BCUT2D eigenvalue weighted by Crippen LogP contribution is 2.27. The minimum absolute atomic E-state index is 0.0281. The number of nitrogens with one attached hydrogen (secondary N) is 1. The highest BCUT2D eigenvalue weighted by atomic mass is 32.1. The number of aromatic nitrogens is 1. The molecule has 0 aromatic carbocycles. The molecule has 1 heterocycles. The van der Waals surface area contributed by atoms with Crippen LogP contribution in [0.3, 0.4) is 0 Å². The minimum Gasteiger partial charge on any atom is -0.396 e. The number of carbonyl (C=O) groups excluding carboxylic acids is 1. The van der Waals surface area contributed by atoms with Crippen LogP contribution in [0.2, 0.25) is 0 Å². The normalized spacial score (nSPS) is 12.2. The summed E-state index contributed by atoms with van der Waals surface area (Å²) in [7, 11) is 1.93. The molecule has 1 atom stereocenters. The number of thiazole rings is 1. The van der Waals surface area contributed by atoms with Crippen LogP contribution in [0.1, 0.15) is 29.9 Å². The number of nitrogens with two attached hydrogens (primary N) is 1. The Bertz CT molecular complexity index is 422. The first-order valence-electron chi connectivity index (χ1n) is 6.36. The van der Waals surface area contributed by atoms with Gasteiger partial charge in [0, 0.05) is 26.7 Å². The van der Waals surface area contributed by atoms with Crippen molar-refractivity contribution in [2.45, 2.75) is 20.3 Å². The number of nitrogens with zero attached hydrogens (tertiary/aromatic N) is 2. The number of aliphatic hydroxyl groups is 1. The third-order valence-electron chi connectivity index (χ3n) is 2.66. The summed E-state index contributed by atoms with van der Waals surface area (Å²) >= 11 is 1.29. The van der Waals surface area contributed by atoms with Crippen LogP contribution in [0.15, 0.2) is 0 Å². The molecule has 1 unspecified atom stereocenters. The first kappa shape index (κ1) is 15.7. The molecule has 1 rings (SSSR count). The molecule has 108 valence electrons. The van der Waals surface area contributed by atoms with Crippen molar-refractivity contribution in [3.8, 4) is 0 Å². The van der Waals surface area contributed by atoms with Crippen molar-refractivity contribution in [1.82, 2.24) is 10.3 Å². The zero-order valence-electron chi connectivity index (χ0n) is 11.6. The van der Waals surface area contributed by atoms with Crippen LogP contribution < -0.4 is 16.0 Å².